The van der Waals surface area contributed by atoms with Gasteiger partial charge in [-0.3, -0.25) is 9.79 Å². The molecule has 2 N–H and O–H groups in total. The van der Waals surface area contributed by atoms with E-state index in [1.807, 2.05) is 0 Å². The van der Waals surface area contributed by atoms with E-state index in [-0.39, 0.29) is 40.3 Å². The molecule has 1 spiro atoms. The van der Waals surface area contributed by atoms with E-state index in [0.717, 1.165) is 37.5 Å². The second-order valence-corrected chi connectivity index (χ2v) is 9.88. The van der Waals surface area contributed by atoms with Gasteiger partial charge in [0.1, 0.15) is 0 Å². The number of hydrogen-bond donors (Lipinski definition) is 2. The minimum Gasteiger partial charge on any atom is -0.403 e. The monoisotopic (exact) mass is 439 g/mol. The Bertz CT molecular complexity index is 798. The van der Waals surface area contributed by atoms with Crippen LogP contribution in [0.15, 0.2) is 18.2 Å². The first-order valence-corrected chi connectivity index (χ1v) is 11.2. The summed E-state index contributed by atoms with van der Waals surface area (Å²) < 4.78 is 22.0. The molecule has 4 saturated carbocycles. The average molecular weight is 440 g/mol. The van der Waals surface area contributed by atoms with Crippen LogP contribution in [0.2, 0.25) is 5.02 Å². The summed E-state index contributed by atoms with van der Waals surface area (Å²) in [5.41, 5.74) is 0.0131. The van der Waals surface area contributed by atoms with Crippen LogP contribution >= 0.6 is 19.4 Å². The summed E-state index contributed by atoms with van der Waals surface area (Å²) in [6.07, 6.45) is 5.70. The van der Waals surface area contributed by atoms with Crippen LogP contribution in [0, 0.1) is 23.7 Å². The van der Waals surface area contributed by atoms with Gasteiger partial charge in [-0.05, 0) is 67.9 Å². The number of rotatable bonds is 4. The predicted octanol–water partition coefficient (Wildman–Crippen LogP) is 3.39. The van der Waals surface area contributed by atoms with Crippen molar-refractivity contribution in [1.82, 2.24) is 0 Å². The molecule has 4 aliphatic carbocycles. The Morgan fingerprint density at radius 3 is 2.18 bits per heavy atom. The molecule has 5 fully saturated rings. The predicted molar refractivity (Wildman–Crippen MR) is 101 cm³/mol. The Morgan fingerprint density at radius 2 is 1.71 bits per heavy atom. The Balaban J connectivity index is 0.00000192. The zero-order valence-corrected chi connectivity index (χ0v) is 19.5. The first kappa shape index (κ1) is 21.6. The number of phosphoric acid groups is 1. The molecule has 1 saturated heterocycles. The summed E-state index contributed by atoms with van der Waals surface area (Å²) in [6.45, 7) is 0. The fourth-order valence-corrected chi connectivity index (χ4v) is 6.88. The molecule has 1 radical (unpaired) electrons. The molecular weight excluding hydrogens is 418 g/mol. The molecule has 0 amide bonds. The van der Waals surface area contributed by atoms with Crippen molar-refractivity contribution < 1.29 is 33.4 Å². The van der Waals surface area contributed by atoms with Gasteiger partial charge in [0.2, 0.25) is 0 Å². The molecule has 4 bridgehead atoms. The molecule has 5 aliphatic rings. The van der Waals surface area contributed by atoms with E-state index in [2.05, 4.69) is 0 Å². The molecule has 1 aromatic carbocycles. The minimum atomic E-state index is -4.74. The Labute approximate surface area is 190 Å². The molecule has 6 rings (SSSR count). The minimum absolute atomic E-state index is 0. The van der Waals surface area contributed by atoms with Crippen molar-refractivity contribution in [3.63, 3.8) is 0 Å². The maximum atomic E-state index is 11.3. The second kappa shape index (κ2) is 7.20. The third-order valence-electron chi connectivity index (χ3n) is 6.98. The van der Waals surface area contributed by atoms with E-state index < -0.39 is 19.2 Å². The molecule has 28 heavy (non-hydrogen) atoms. The van der Waals surface area contributed by atoms with Gasteiger partial charge in [0, 0.05) is 42.2 Å². The summed E-state index contributed by atoms with van der Waals surface area (Å²) >= 11 is 6.07. The average Bonchev–Trinajstić information content (AvgIpc) is 2.56. The third kappa shape index (κ3) is 2.98. The maximum absolute atomic E-state index is 11.3. The van der Waals surface area contributed by atoms with E-state index >= 15 is 0 Å². The largest absolute Gasteiger partial charge is 0.524 e. The van der Waals surface area contributed by atoms with Gasteiger partial charge in [-0.25, -0.2) is 9.45 Å². The molecule has 10 heteroatoms. The molecule has 1 unspecified atom stereocenters. The maximum Gasteiger partial charge on any atom is 0.524 e. The number of methoxy groups -OCH3 is 1. The van der Waals surface area contributed by atoms with Crippen molar-refractivity contribution >= 4 is 49.0 Å². The van der Waals surface area contributed by atoms with Crippen LogP contribution in [-0.2, 0) is 24.9 Å². The van der Waals surface area contributed by atoms with Crippen molar-refractivity contribution in [2.45, 2.75) is 43.5 Å². The molecule has 149 valence electrons. The van der Waals surface area contributed by atoms with Crippen molar-refractivity contribution in [3.8, 4) is 5.75 Å². The number of ether oxygens (including phenoxy) is 1. The Morgan fingerprint density at radius 1 is 1.11 bits per heavy atom. The van der Waals surface area contributed by atoms with Gasteiger partial charge < -0.3 is 9.26 Å². The van der Waals surface area contributed by atoms with Gasteiger partial charge in [0.25, 0.3) is 5.79 Å². The molecule has 1 heterocycles. The van der Waals surface area contributed by atoms with Crippen LogP contribution in [0.1, 0.15) is 37.7 Å². The topological polar surface area (TPSA) is 94.5 Å². The van der Waals surface area contributed by atoms with Gasteiger partial charge in [0.05, 0.1) is 5.02 Å². The zero-order chi connectivity index (χ0) is 19.0. The van der Waals surface area contributed by atoms with E-state index in [9.17, 15) is 4.57 Å². The first-order chi connectivity index (χ1) is 12.8. The van der Waals surface area contributed by atoms with Crippen LogP contribution in [0.3, 0.4) is 0 Å². The normalized spacial score (nSPS) is 40.9. The van der Waals surface area contributed by atoms with Crippen LogP contribution in [0.25, 0.3) is 0 Å². The molecule has 1 atom stereocenters. The van der Waals surface area contributed by atoms with E-state index in [1.165, 1.54) is 18.6 Å². The zero-order valence-electron chi connectivity index (χ0n) is 15.8. The van der Waals surface area contributed by atoms with Crippen LogP contribution in [0.4, 0.5) is 0 Å². The first-order valence-electron chi connectivity index (χ1n) is 9.24. The number of hydrogen-bond acceptors (Lipinski definition) is 5. The second-order valence-electron chi connectivity index (χ2n) is 8.31. The van der Waals surface area contributed by atoms with Crippen molar-refractivity contribution in [2.24, 2.45) is 23.7 Å². The summed E-state index contributed by atoms with van der Waals surface area (Å²) in [4.78, 5) is 29.9. The smallest absolute Gasteiger partial charge is 0.403 e. The van der Waals surface area contributed by atoms with Gasteiger partial charge in [-0.1, -0.05) is 17.7 Å². The summed E-state index contributed by atoms with van der Waals surface area (Å²) in [6, 6.07) is 4.77. The summed E-state index contributed by atoms with van der Waals surface area (Å²) in [5.74, 6) is 0.931. The molecule has 1 aromatic rings. The molecule has 7 nitrogen and oxygen atoms in total. The summed E-state index contributed by atoms with van der Waals surface area (Å²) in [7, 11) is -3.17. The summed E-state index contributed by atoms with van der Waals surface area (Å²) in [5, 5.41) is 0.104. The van der Waals surface area contributed by atoms with Crippen LogP contribution in [0.5, 0.6) is 5.75 Å². The van der Waals surface area contributed by atoms with Gasteiger partial charge >= 0.3 is 7.82 Å². The molecular formula is C18H22ClNaO7P. The van der Waals surface area contributed by atoms with E-state index in [1.54, 1.807) is 13.2 Å². The van der Waals surface area contributed by atoms with Crippen LogP contribution in [-0.4, -0.2) is 52.1 Å². The van der Waals surface area contributed by atoms with E-state index in [0.29, 0.717) is 17.4 Å². The molecule has 1 aliphatic heterocycles. The van der Waals surface area contributed by atoms with E-state index in [4.69, 9.17) is 40.4 Å². The SMILES string of the molecule is COC1(c2ccc(Cl)c(OP(=O)(O)O)c2)OOC12C1CC3CC(C1)CC2C3.[Na]. The van der Waals surface area contributed by atoms with Gasteiger partial charge in [0.15, 0.2) is 11.4 Å². The Kier molecular flexibility index (Phi) is 5.54. The third-order valence-corrected chi connectivity index (χ3v) is 7.73. The van der Waals surface area contributed by atoms with Gasteiger partial charge in [-0.2, -0.15) is 4.89 Å². The van der Waals surface area contributed by atoms with Crippen LogP contribution < -0.4 is 4.52 Å². The van der Waals surface area contributed by atoms with Crippen molar-refractivity contribution in [3.05, 3.63) is 28.8 Å². The number of benzene rings is 1. The van der Waals surface area contributed by atoms with Crippen molar-refractivity contribution in [1.29, 1.82) is 0 Å². The molecule has 0 aromatic heterocycles. The van der Waals surface area contributed by atoms with Crippen molar-refractivity contribution in [2.75, 3.05) is 7.11 Å². The number of halogens is 1. The van der Waals surface area contributed by atoms with Gasteiger partial charge in [-0.15, -0.1) is 0 Å². The Hall–Kier alpha value is 0.340. The fourth-order valence-electron chi connectivity index (χ4n) is 6.26. The fraction of sp³-hybridized carbons (Fsp3) is 0.667. The number of phosphoric ester groups is 1. The standard InChI is InChI=1S/C18H22ClO7P.Na/c1-23-18(12-2-3-15(19)16(9-12)24-27(20,21)22)17(25-26-18)13-5-10-4-11(7-13)8-14(17)6-10;/h2-3,9-11,13-14H,4-8H2,1H3,(H2,20,21,22);. The quantitative estimate of drug-likeness (QED) is 0.422.